The summed E-state index contributed by atoms with van der Waals surface area (Å²) >= 11 is 5.85. The average molecular weight is 258 g/mol. The molecule has 0 fully saturated rings. The van der Waals surface area contributed by atoms with Gasteiger partial charge in [0.1, 0.15) is 5.38 Å². The summed E-state index contributed by atoms with van der Waals surface area (Å²) in [6.07, 6.45) is 0. The van der Waals surface area contributed by atoms with Crippen LogP contribution in [0.25, 0.3) is 0 Å². The Bertz CT molecular complexity index is 447. The van der Waals surface area contributed by atoms with Crippen LogP contribution >= 0.6 is 11.6 Å². The third kappa shape index (κ3) is 2.94. The van der Waals surface area contributed by atoms with E-state index in [2.05, 4.69) is 0 Å². The molecule has 6 heteroatoms. The minimum absolute atomic E-state index is 0.127. The highest BCUT2D eigenvalue weighted by molar-refractivity contribution is 6.31. The van der Waals surface area contributed by atoms with Gasteiger partial charge in [-0.2, -0.15) is 0 Å². The van der Waals surface area contributed by atoms with Gasteiger partial charge >= 0.3 is 5.69 Å². The van der Waals surface area contributed by atoms with Gasteiger partial charge in [0.05, 0.1) is 17.1 Å². The number of halogens is 1. The minimum Gasteiger partial charge on any atom is -0.487 e. The van der Waals surface area contributed by atoms with E-state index >= 15 is 0 Å². The van der Waals surface area contributed by atoms with Gasteiger partial charge in [-0.15, -0.1) is 11.6 Å². The van der Waals surface area contributed by atoms with E-state index in [1.54, 1.807) is 13.0 Å². The SMILES string of the molecule is CCOc1cccc(C(Cl)C(C)=O)c1[N+](=O)[O-]. The highest BCUT2D eigenvalue weighted by Crippen LogP contribution is 2.37. The number of ether oxygens (including phenoxy) is 1. The zero-order valence-corrected chi connectivity index (χ0v) is 10.2. The fourth-order valence-electron chi connectivity index (χ4n) is 1.43. The van der Waals surface area contributed by atoms with Crippen LogP contribution in [0.15, 0.2) is 18.2 Å². The van der Waals surface area contributed by atoms with Crippen molar-refractivity contribution in [1.29, 1.82) is 0 Å². The lowest BCUT2D eigenvalue weighted by Crippen LogP contribution is -2.07. The Labute approximate surface area is 103 Å². The van der Waals surface area contributed by atoms with E-state index in [-0.39, 0.29) is 22.8 Å². The van der Waals surface area contributed by atoms with Crippen molar-refractivity contribution in [2.24, 2.45) is 0 Å². The van der Waals surface area contributed by atoms with Crippen LogP contribution in [-0.2, 0) is 4.79 Å². The summed E-state index contributed by atoms with van der Waals surface area (Å²) in [6, 6.07) is 4.51. The summed E-state index contributed by atoms with van der Waals surface area (Å²) in [4.78, 5) is 21.6. The van der Waals surface area contributed by atoms with Gasteiger partial charge in [0, 0.05) is 0 Å². The lowest BCUT2D eigenvalue weighted by Gasteiger charge is -2.10. The van der Waals surface area contributed by atoms with Crippen LogP contribution in [0.3, 0.4) is 0 Å². The van der Waals surface area contributed by atoms with Crippen LogP contribution in [-0.4, -0.2) is 17.3 Å². The molecule has 1 aromatic carbocycles. The summed E-state index contributed by atoms with van der Waals surface area (Å²) in [6.45, 7) is 3.31. The van der Waals surface area contributed by atoms with Crippen LogP contribution < -0.4 is 4.74 Å². The van der Waals surface area contributed by atoms with Crippen molar-refractivity contribution in [1.82, 2.24) is 0 Å². The van der Waals surface area contributed by atoms with Crippen LogP contribution in [0, 0.1) is 10.1 Å². The molecule has 0 aliphatic rings. The van der Waals surface area contributed by atoms with Crippen molar-refractivity contribution in [3.05, 3.63) is 33.9 Å². The fourth-order valence-corrected chi connectivity index (χ4v) is 1.61. The molecule has 1 rings (SSSR count). The van der Waals surface area contributed by atoms with E-state index in [0.717, 1.165) is 0 Å². The predicted octanol–water partition coefficient (Wildman–Crippen LogP) is 2.86. The molecular weight excluding hydrogens is 246 g/mol. The molecule has 0 aromatic heterocycles. The Kier molecular flexibility index (Phi) is 4.45. The van der Waals surface area contributed by atoms with E-state index in [9.17, 15) is 14.9 Å². The number of nitro benzene ring substituents is 1. The number of carbonyl (C=O) groups is 1. The highest BCUT2D eigenvalue weighted by Gasteiger charge is 2.27. The van der Waals surface area contributed by atoms with E-state index in [4.69, 9.17) is 16.3 Å². The smallest absolute Gasteiger partial charge is 0.316 e. The van der Waals surface area contributed by atoms with Gasteiger partial charge in [0.2, 0.25) is 0 Å². The summed E-state index contributed by atoms with van der Waals surface area (Å²) in [5.74, 6) is -0.217. The number of carbonyl (C=O) groups excluding carboxylic acids is 1. The third-order valence-electron chi connectivity index (χ3n) is 2.14. The van der Waals surface area contributed by atoms with Crippen LogP contribution in [0.4, 0.5) is 5.69 Å². The Hall–Kier alpha value is -1.62. The third-order valence-corrected chi connectivity index (χ3v) is 2.68. The molecule has 0 bridgehead atoms. The maximum absolute atomic E-state index is 11.2. The molecule has 0 saturated heterocycles. The number of Topliss-reactive ketones (excluding diaryl/α,β-unsaturated/α-hetero) is 1. The molecule has 1 unspecified atom stereocenters. The van der Waals surface area contributed by atoms with Crippen molar-refractivity contribution in [3.8, 4) is 5.75 Å². The Balaban J connectivity index is 3.34. The van der Waals surface area contributed by atoms with Crippen molar-refractivity contribution in [3.63, 3.8) is 0 Å². The monoisotopic (exact) mass is 257 g/mol. The summed E-state index contributed by atoms with van der Waals surface area (Å²) < 4.78 is 5.16. The predicted molar refractivity (Wildman–Crippen MR) is 63.5 cm³/mol. The number of nitro groups is 1. The van der Waals surface area contributed by atoms with Crippen molar-refractivity contribution >= 4 is 23.1 Å². The van der Waals surface area contributed by atoms with E-state index in [1.807, 2.05) is 0 Å². The second-order valence-electron chi connectivity index (χ2n) is 3.36. The summed E-state index contributed by atoms with van der Waals surface area (Å²) in [5, 5.41) is 9.97. The maximum atomic E-state index is 11.2. The molecule has 0 heterocycles. The molecule has 0 radical (unpaired) electrons. The van der Waals surface area contributed by atoms with E-state index < -0.39 is 10.3 Å². The maximum Gasteiger partial charge on any atom is 0.316 e. The first-order valence-electron chi connectivity index (χ1n) is 5.03. The van der Waals surface area contributed by atoms with Crippen LogP contribution in [0.5, 0.6) is 5.75 Å². The molecule has 92 valence electrons. The zero-order valence-electron chi connectivity index (χ0n) is 9.47. The fraction of sp³-hybridized carbons (Fsp3) is 0.364. The summed E-state index contributed by atoms with van der Waals surface area (Å²) in [7, 11) is 0. The second-order valence-corrected chi connectivity index (χ2v) is 3.79. The van der Waals surface area contributed by atoms with Gasteiger partial charge in [0.15, 0.2) is 11.5 Å². The summed E-state index contributed by atoms with van der Waals surface area (Å²) in [5.41, 5.74) is -0.0836. The largest absolute Gasteiger partial charge is 0.487 e. The molecule has 1 atom stereocenters. The lowest BCUT2D eigenvalue weighted by molar-refractivity contribution is -0.386. The average Bonchev–Trinajstić information content (AvgIpc) is 2.27. The molecule has 0 amide bonds. The molecule has 5 nitrogen and oxygen atoms in total. The molecule has 0 saturated carbocycles. The quantitative estimate of drug-likeness (QED) is 0.462. The number of ketones is 1. The number of para-hydroxylation sites is 1. The van der Waals surface area contributed by atoms with Crippen molar-refractivity contribution < 1.29 is 14.5 Å². The first-order valence-corrected chi connectivity index (χ1v) is 5.47. The Morgan fingerprint density at radius 2 is 2.24 bits per heavy atom. The number of hydrogen-bond donors (Lipinski definition) is 0. The molecule has 17 heavy (non-hydrogen) atoms. The van der Waals surface area contributed by atoms with Gasteiger partial charge < -0.3 is 4.74 Å². The van der Waals surface area contributed by atoms with Crippen molar-refractivity contribution in [2.75, 3.05) is 6.61 Å². The van der Waals surface area contributed by atoms with Crippen molar-refractivity contribution in [2.45, 2.75) is 19.2 Å². The molecule has 0 aliphatic carbocycles. The van der Waals surface area contributed by atoms with Crippen LogP contribution in [0.2, 0.25) is 0 Å². The molecule has 0 N–H and O–H groups in total. The molecule has 0 aliphatic heterocycles. The zero-order chi connectivity index (χ0) is 13.0. The number of alkyl halides is 1. The molecule has 1 aromatic rings. The van der Waals surface area contributed by atoms with Crippen LogP contribution in [0.1, 0.15) is 24.8 Å². The highest BCUT2D eigenvalue weighted by atomic mass is 35.5. The van der Waals surface area contributed by atoms with Gasteiger partial charge in [-0.3, -0.25) is 14.9 Å². The Morgan fingerprint density at radius 3 is 2.71 bits per heavy atom. The van der Waals surface area contributed by atoms with Gasteiger partial charge in [-0.1, -0.05) is 6.07 Å². The number of rotatable bonds is 5. The van der Waals surface area contributed by atoms with Gasteiger partial charge in [0.25, 0.3) is 0 Å². The molecular formula is C11H12ClNO4. The van der Waals surface area contributed by atoms with E-state index in [0.29, 0.717) is 6.61 Å². The second kappa shape index (κ2) is 5.63. The normalized spacial score (nSPS) is 11.9. The Morgan fingerprint density at radius 1 is 1.59 bits per heavy atom. The first-order chi connectivity index (χ1) is 7.99. The van der Waals surface area contributed by atoms with Gasteiger partial charge in [-0.05, 0) is 26.0 Å². The lowest BCUT2D eigenvalue weighted by atomic mass is 10.1. The molecule has 0 spiro atoms. The minimum atomic E-state index is -1.03. The number of benzene rings is 1. The van der Waals surface area contributed by atoms with Gasteiger partial charge in [-0.25, -0.2) is 0 Å². The van der Waals surface area contributed by atoms with E-state index in [1.165, 1.54) is 19.1 Å². The topological polar surface area (TPSA) is 69.4 Å². The standard InChI is InChI=1S/C11H12ClNO4/c1-3-17-9-6-4-5-8(10(12)7(2)14)11(9)13(15)16/h4-6,10H,3H2,1-2H3. The number of nitrogens with zero attached hydrogens (tertiary/aromatic N) is 1. The number of hydrogen-bond acceptors (Lipinski definition) is 4. The first kappa shape index (κ1) is 13.4.